The standard InChI is InChI=1S/C27H15F3N2O2/c28-20-6-18(7-21(29)10-20)19-8-22(30)11-24(9-19)34-14-16-1-2-25-26(17-3-4-33-15-17)12-23(13-31)32-27(25)5-16/h1-12,15H,14H2. The van der Waals surface area contributed by atoms with Crippen molar-refractivity contribution >= 4 is 10.9 Å². The highest BCUT2D eigenvalue weighted by Crippen LogP contribution is 2.31. The lowest BCUT2D eigenvalue weighted by Gasteiger charge is -2.11. The van der Waals surface area contributed by atoms with Crippen LogP contribution in [-0.2, 0) is 6.61 Å². The average molecular weight is 456 g/mol. The fourth-order valence-electron chi connectivity index (χ4n) is 3.78. The molecule has 0 bridgehead atoms. The molecule has 0 fully saturated rings. The summed E-state index contributed by atoms with van der Waals surface area (Å²) in [6, 6.07) is 18.0. The van der Waals surface area contributed by atoms with E-state index in [1.54, 1.807) is 30.7 Å². The van der Waals surface area contributed by atoms with Crippen LogP contribution in [0.1, 0.15) is 11.3 Å². The second-order valence-corrected chi connectivity index (χ2v) is 7.65. The topological polar surface area (TPSA) is 59.0 Å². The van der Waals surface area contributed by atoms with E-state index in [9.17, 15) is 18.4 Å². The van der Waals surface area contributed by atoms with Gasteiger partial charge in [-0.1, -0.05) is 12.1 Å². The number of rotatable bonds is 5. The minimum atomic E-state index is -0.753. The summed E-state index contributed by atoms with van der Waals surface area (Å²) in [5.74, 6) is -1.90. The fraction of sp³-hybridized carbons (Fsp3) is 0.0370. The molecular weight excluding hydrogens is 441 g/mol. The first-order valence-electron chi connectivity index (χ1n) is 10.2. The first-order valence-corrected chi connectivity index (χ1v) is 10.2. The maximum Gasteiger partial charge on any atom is 0.141 e. The summed E-state index contributed by atoms with van der Waals surface area (Å²) >= 11 is 0. The monoisotopic (exact) mass is 456 g/mol. The van der Waals surface area contributed by atoms with Crippen molar-refractivity contribution in [3.8, 4) is 34.1 Å². The molecule has 0 aliphatic heterocycles. The van der Waals surface area contributed by atoms with Gasteiger partial charge < -0.3 is 9.15 Å². The van der Waals surface area contributed by atoms with Gasteiger partial charge in [-0.15, -0.1) is 0 Å². The molecule has 34 heavy (non-hydrogen) atoms. The molecule has 5 aromatic rings. The van der Waals surface area contributed by atoms with Gasteiger partial charge in [0.25, 0.3) is 0 Å². The Labute approximate surface area is 192 Å². The van der Waals surface area contributed by atoms with Gasteiger partial charge in [-0.05, 0) is 64.7 Å². The van der Waals surface area contributed by atoms with Gasteiger partial charge in [0.05, 0.1) is 18.0 Å². The van der Waals surface area contributed by atoms with Crippen molar-refractivity contribution in [1.82, 2.24) is 4.98 Å². The third kappa shape index (κ3) is 4.34. The Morgan fingerprint density at radius 1 is 0.824 bits per heavy atom. The molecule has 0 saturated heterocycles. The molecule has 0 unspecified atom stereocenters. The van der Waals surface area contributed by atoms with Gasteiger partial charge in [0.2, 0.25) is 0 Å². The molecule has 4 nitrogen and oxygen atoms in total. The van der Waals surface area contributed by atoms with Crippen LogP contribution in [0, 0.1) is 28.8 Å². The smallest absolute Gasteiger partial charge is 0.141 e. The van der Waals surface area contributed by atoms with Gasteiger partial charge in [0.1, 0.15) is 41.6 Å². The maximum atomic E-state index is 14.2. The highest BCUT2D eigenvalue weighted by molar-refractivity contribution is 5.95. The highest BCUT2D eigenvalue weighted by atomic mass is 19.1. The zero-order valence-electron chi connectivity index (χ0n) is 17.6. The van der Waals surface area contributed by atoms with Crippen LogP contribution in [-0.4, -0.2) is 4.98 Å². The van der Waals surface area contributed by atoms with Crippen molar-refractivity contribution in [2.24, 2.45) is 0 Å². The van der Waals surface area contributed by atoms with E-state index in [-0.39, 0.29) is 29.2 Å². The van der Waals surface area contributed by atoms with Crippen molar-refractivity contribution < 1.29 is 22.3 Å². The first kappa shape index (κ1) is 21.3. The van der Waals surface area contributed by atoms with Crippen LogP contribution < -0.4 is 4.74 Å². The number of furan rings is 1. The Hall–Kier alpha value is -4.57. The van der Waals surface area contributed by atoms with E-state index in [1.807, 2.05) is 12.1 Å². The van der Waals surface area contributed by atoms with E-state index in [2.05, 4.69) is 11.1 Å². The molecule has 166 valence electrons. The Morgan fingerprint density at radius 2 is 1.56 bits per heavy atom. The zero-order valence-corrected chi connectivity index (χ0v) is 17.6. The predicted octanol–water partition coefficient (Wildman–Crippen LogP) is 7.03. The number of hydrogen-bond donors (Lipinski definition) is 0. The molecule has 0 amide bonds. The number of ether oxygens (including phenoxy) is 1. The van der Waals surface area contributed by atoms with Gasteiger partial charge in [-0.3, -0.25) is 0 Å². The summed E-state index contributed by atoms with van der Waals surface area (Å²) in [6.45, 7) is 0.0931. The van der Waals surface area contributed by atoms with Gasteiger partial charge in [0.15, 0.2) is 0 Å². The number of aromatic nitrogens is 1. The largest absolute Gasteiger partial charge is 0.489 e. The first-order chi connectivity index (χ1) is 16.5. The third-order valence-electron chi connectivity index (χ3n) is 5.29. The summed E-state index contributed by atoms with van der Waals surface area (Å²) in [6.07, 6.45) is 3.15. The highest BCUT2D eigenvalue weighted by Gasteiger charge is 2.11. The van der Waals surface area contributed by atoms with Crippen LogP contribution in [0.15, 0.2) is 83.7 Å². The summed E-state index contributed by atoms with van der Waals surface area (Å²) in [5.41, 5.74) is 3.75. The van der Waals surface area contributed by atoms with E-state index in [0.29, 0.717) is 5.52 Å². The molecule has 0 N–H and O–H groups in total. The molecule has 2 heterocycles. The third-order valence-corrected chi connectivity index (χ3v) is 5.29. The Kier molecular flexibility index (Phi) is 5.48. The van der Waals surface area contributed by atoms with E-state index in [1.165, 1.54) is 18.2 Å². The minimum absolute atomic E-state index is 0.0931. The van der Waals surface area contributed by atoms with Crippen LogP contribution in [0.4, 0.5) is 13.2 Å². The van der Waals surface area contributed by atoms with Crippen molar-refractivity contribution in [3.05, 3.63) is 108 Å². The van der Waals surface area contributed by atoms with Crippen molar-refractivity contribution in [1.29, 1.82) is 5.26 Å². The number of fused-ring (bicyclic) bond motifs is 1. The Morgan fingerprint density at radius 3 is 2.26 bits per heavy atom. The number of benzene rings is 3. The summed E-state index contributed by atoms with van der Waals surface area (Å²) in [7, 11) is 0. The molecule has 0 aliphatic rings. The lowest BCUT2D eigenvalue weighted by atomic mass is 10.0. The van der Waals surface area contributed by atoms with Crippen LogP contribution in [0.25, 0.3) is 33.2 Å². The van der Waals surface area contributed by atoms with Gasteiger partial charge in [-0.25, -0.2) is 18.2 Å². The maximum absolute atomic E-state index is 14.2. The molecule has 0 spiro atoms. The van der Waals surface area contributed by atoms with E-state index < -0.39 is 17.5 Å². The predicted molar refractivity (Wildman–Crippen MR) is 120 cm³/mol. The van der Waals surface area contributed by atoms with E-state index in [4.69, 9.17) is 9.15 Å². The summed E-state index contributed by atoms with van der Waals surface area (Å²) < 4.78 is 52.3. The number of hydrogen-bond acceptors (Lipinski definition) is 4. The van der Waals surface area contributed by atoms with Crippen LogP contribution in [0.2, 0.25) is 0 Å². The van der Waals surface area contributed by atoms with E-state index in [0.717, 1.165) is 40.3 Å². The second kappa shape index (κ2) is 8.75. The summed E-state index contributed by atoms with van der Waals surface area (Å²) in [5, 5.41) is 10.2. The molecule has 3 aromatic carbocycles. The Balaban J connectivity index is 1.44. The molecule has 0 aliphatic carbocycles. The lowest BCUT2D eigenvalue weighted by molar-refractivity contribution is 0.305. The molecule has 0 atom stereocenters. The molecule has 0 saturated carbocycles. The Bertz CT molecular complexity index is 1540. The van der Waals surface area contributed by atoms with E-state index >= 15 is 0 Å². The number of pyridine rings is 1. The normalized spacial score (nSPS) is 10.9. The van der Waals surface area contributed by atoms with Gasteiger partial charge >= 0.3 is 0 Å². The average Bonchev–Trinajstić information content (AvgIpc) is 3.36. The quantitative estimate of drug-likeness (QED) is 0.285. The van der Waals surface area contributed by atoms with Gasteiger partial charge in [0, 0.05) is 23.1 Å². The SMILES string of the molecule is N#Cc1cc(-c2ccoc2)c2ccc(COc3cc(F)cc(-c4cc(F)cc(F)c4)c3)cc2n1. The lowest BCUT2D eigenvalue weighted by Crippen LogP contribution is -1.98. The molecular formula is C27H15F3N2O2. The number of halogens is 3. The zero-order chi connectivity index (χ0) is 23.7. The number of nitrogens with zero attached hydrogens (tertiary/aromatic N) is 2. The molecule has 0 radical (unpaired) electrons. The van der Waals surface area contributed by atoms with Crippen molar-refractivity contribution in [2.45, 2.75) is 6.61 Å². The van der Waals surface area contributed by atoms with Crippen molar-refractivity contribution in [2.75, 3.05) is 0 Å². The number of nitriles is 1. The second-order valence-electron chi connectivity index (χ2n) is 7.65. The minimum Gasteiger partial charge on any atom is -0.489 e. The summed E-state index contributed by atoms with van der Waals surface area (Å²) in [4.78, 5) is 4.39. The molecule has 2 aromatic heterocycles. The molecule has 7 heteroatoms. The van der Waals surface area contributed by atoms with Crippen LogP contribution >= 0.6 is 0 Å². The van der Waals surface area contributed by atoms with Crippen LogP contribution in [0.5, 0.6) is 5.75 Å². The van der Waals surface area contributed by atoms with Gasteiger partial charge in [-0.2, -0.15) is 5.26 Å². The molecule has 5 rings (SSSR count). The van der Waals surface area contributed by atoms with Crippen molar-refractivity contribution in [3.63, 3.8) is 0 Å². The fourth-order valence-corrected chi connectivity index (χ4v) is 3.78. The van der Waals surface area contributed by atoms with Crippen LogP contribution in [0.3, 0.4) is 0 Å².